The SMILES string of the molecule is CCc1ccc(NC(=O)c2ccc(Oc3nccnc3N3CCCCC3)cc2)cc1. The highest BCUT2D eigenvalue weighted by Gasteiger charge is 2.18. The number of nitrogens with zero attached hydrogens (tertiary/aromatic N) is 3. The molecule has 0 aliphatic carbocycles. The fourth-order valence-electron chi connectivity index (χ4n) is 3.53. The fourth-order valence-corrected chi connectivity index (χ4v) is 3.53. The van der Waals surface area contributed by atoms with Crippen LogP contribution in [0.3, 0.4) is 0 Å². The Balaban J connectivity index is 1.43. The Labute approximate surface area is 176 Å². The van der Waals surface area contributed by atoms with Gasteiger partial charge in [-0.2, -0.15) is 0 Å². The number of amides is 1. The summed E-state index contributed by atoms with van der Waals surface area (Å²) in [6.07, 6.45) is 7.86. The van der Waals surface area contributed by atoms with Crippen molar-refractivity contribution in [2.75, 3.05) is 23.3 Å². The quantitative estimate of drug-likeness (QED) is 0.623. The summed E-state index contributed by atoms with van der Waals surface area (Å²) in [6, 6.07) is 15.0. The van der Waals surface area contributed by atoms with E-state index in [0.29, 0.717) is 17.2 Å². The van der Waals surface area contributed by atoms with Crippen LogP contribution in [0.25, 0.3) is 0 Å². The largest absolute Gasteiger partial charge is 0.436 e. The maximum Gasteiger partial charge on any atom is 0.263 e. The van der Waals surface area contributed by atoms with Gasteiger partial charge in [-0.15, -0.1) is 0 Å². The first-order valence-electron chi connectivity index (χ1n) is 10.5. The topological polar surface area (TPSA) is 67.3 Å². The van der Waals surface area contributed by atoms with Gasteiger partial charge in [0, 0.05) is 36.7 Å². The van der Waals surface area contributed by atoms with E-state index >= 15 is 0 Å². The van der Waals surface area contributed by atoms with Crippen molar-refractivity contribution in [1.82, 2.24) is 9.97 Å². The number of piperidine rings is 1. The summed E-state index contributed by atoms with van der Waals surface area (Å²) in [5, 5.41) is 2.92. The van der Waals surface area contributed by atoms with Crippen molar-refractivity contribution in [2.24, 2.45) is 0 Å². The third kappa shape index (κ3) is 4.76. The first-order chi connectivity index (χ1) is 14.7. The highest BCUT2D eigenvalue weighted by Crippen LogP contribution is 2.30. The standard InChI is InChI=1S/C24H26N4O2/c1-2-18-6-10-20(11-7-18)27-23(29)19-8-12-21(13-9-19)30-24-22(25-14-15-26-24)28-16-4-3-5-17-28/h6-15H,2-5,16-17H2,1H3,(H,27,29). The van der Waals surface area contributed by atoms with Crippen LogP contribution in [-0.2, 0) is 6.42 Å². The summed E-state index contributed by atoms with van der Waals surface area (Å²) in [7, 11) is 0. The molecule has 2 heterocycles. The lowest BCUT2D eigenvalue weighted by molar-refractivity contribution is 0.102. The Kier molecular flexibility index (Phi) is 6.23. The van der Waals surface area contributed by atoms with Gasteiger partial charge in [0.2, 0.25) is 0 Å². The zero-order valence-corrected chi connectivity index (χ0v) is 17.2. The number of aromatic nitrogens is 2. The number of carbonyl (C=O) groups excluding carboxylic acids is 1. The molecule has 1 amide bonds. The molecular formula is C24H26N4O2. The highest BCUT2D eigenvalue weighted by atomic mass is 16.5. The molecule has 1 aromatic heterocycles. The van der Waals surface area contributed by atoms with Gasteiger partial charge in [-0.3, -0.25) is 4.79 Å². The second-order valence-corrected chi connectivity index (χ2v) is 7.36. The van der Waals surface area contributed by atoms with Crippen molar-refractivity contribution in [3.05, 3.63) is 72.1 Å². The zero-order valence-electron chi connectivity index (χ0n) is 17.2. The van der Waals surface area contributed by atoms with Crippen molar-refractivity contribution in [3.8, 4) is 11.6 Å². The molecule has 4 rings (SSSR count). The van der Waals surface area contributed by atoms with E-state index in [2.05, 4.69) is 27.1 Å². The lowest BCUT2D eigenvalue weighted by atomic mass is 10.1. The zero-order chi connectivity index (χ0) is 20.8. The molecule has 0 unspecified atom stereocenters. The molecule has 3 aromatic rings. The highest BCUT2D eigenvalue weighted by molar-refractivity contribution is 6.04. The van der Waals surface area contributed by atoms with Gasteiger partial charge >= 0.3 is 0 Å². The number of carbonyl (C=O) groups is 1. The molecule has 6 heteroatoms. The van der Waals surface area contributed by atoms with Crippen LogP contribution in [0.15, 0.2) is 60.9 Å². The number of benzene rings is 2. The van der Waals surface area contributed by atoms with Gasteiger partial charge in [0.15, 0.2) is 5.82 Å². The number of ether oxygens (including phenoxy) is 1. The maximum atomic E-state index is 12.5. The Morgan fingerprint density at radius 3 is 2.37 bits per heavy atom. The monoisotopic (exact) mass is 402 g/mol. The van der Waals surface area contributed by atoms with Crippen molar-refractivity contribution in [2.45, 2.75) is 32.6 Å². The Morgan fingerprint density at radius 2 is 1.67 bits per heavy atom. The van der Waals surface area contributed by atoms with Crippen LogP contribution < -0.4 is 15.0 Å². The Bertz CT molecular complexity index is 981. The molecule has 1 saturated heterocycles. The summed E-state index contributed by atoms with van der Waals surface area (Å²) >= 11 is 0. The normalized spacial score (nSPS) is 13.7. The molecule has 0 radical (unpaired) electrons. The minimum absolute atomic E-state index is 0.153. The van der Waals surface area contributed by atoms with Gasteiger partial charge in [-0.05, 0) is 67.6 Å². The van der Waals surface area contributed by atoms with Crippen LogP contribution in [0, 0.1) is 0 Å². The molecule has 154 valence electrons. The van der Waals surface area contributed by atoms with Crippen LogP contribution in [0.4, 0.5) is 11.5 Å². The lowest BCUT2D eigenvalue weighted by Crippen LogP contribution is -2.30. The molecular weight excluding hydrogens is 376 g/mol. The van der Waals surface area contributed by atoms with Crippen LogP contribution in [0.5, 0.6) is 11.6 Å². The van der Waals surface area contributed by atoms with Crippen molar-refractivity contribution < 1.29 is 9.53 Å². The van der Waals surface area contributed by atoms with E-state index in [1.54, 1.807) is 36.7 Å². The van der Waals surface area contributed by atoms with Gasteiger partial charge in [0.05, 0.1) is 0 Å². The predicted octanol–water partition coefficient (Wildman–Crippen LogP) is 5.07. The molecule has 6 nitrogen and oxygen atoms in total. The van der Waals surface area contributed by atoms with Gasteiger partial charge in [0.1, 0.15) is 5.75 Å². The fraction of sp³-hybridized carbons (Fsp3) is 0.292. The van der Waals surface area contributed by atoms with Crippen molar-refractivity contribution >= 4 is 17.4 Å². The molecule has 1 N–H and O–H groups in total. The number of aryl methyl sites for hydroxylation is 1. The molecule has 30 heavy (non-hydrogen) atoms. The smallest absolute Gasteiger partial charge is 0.263 e. The van der Waals surface area contributed by atoms with E-state index in [1.807, 2.05) is 24.3 Å². The van der Waals surface area contributed by atoms with E-state index in [-0.39, 0.29) is 5.91 Å². The van der Waals surface area contributed by atoms with Gasteiger partial charge in [-0.1, -0.05) is 19.1 Å². The van der Waals surface area contributed by atoms with Crippen molar-refractivity contribution in [1.29, 1.82) is 0 Å². The van der Waals surface area contributed by atoms with E-state index in [9.17, 15) is 4.79 Å². The van der Waals surface area contributed by atoms with E-state index in [1.165, 1.54) is 12.0 Å². The van der Waals surface area contributed by atoms with E-state index < -0.39 is 0 Å². The number of rotatable bonds is 6. The van der Waals surface area contributed by atoms with E-state index in [0.717, 1.165) is 43.9 Å². The van der Waals surface area contributed by atoms with Crippen LogP contribution in [0.2, 0.25) is 0 Å². The van der Waals surface area contributed by atoms with Crippen molar-refractivity contribution in [3.63, 3.8) is 0 Å². The summed E-state index contributed by atoms with van der Waals surface area (Å²) < 4.78 is 5.99. The first kappa shape index (κ1) is 19.9. The molecule has 1 aliphatic heterocycles. The minimum atomic E-state index is -0.153. The molecule has 2 aromatic carbocycles. The number of anilines is 2. The summed E-state index contributed by atoms with van der Waals surface area (Å²) in [5.41, 5.74) is 2.59. The van der Waals surface area contributed by atoms with Gasteiger partial charge in [-0.25, -0.2) is 9.97 Å². The minimum Gasteiger partial charge on any atom is -0.436 e. The third-order valence-corrected chi connectivity index (χ3v) is 5.25. The lowest BCUT2D eigenvalue weighted by Gasteiger charge is -2.28. The summed E-state index contributed by atoms with van der Waals surface area (Å²) in [5.74, 6) is 1.74. The van der Waals surface area contributed by atoms with Crippen LogP contribution in [-0.4, -0.2) is 29.0 Å². The molecule has 1 aliphatic rings. The predicted molar refractivity (Wildman–Crippen MR) is 118 cm³/mol. The average molecular weight is 402 g/mol. The molecule has 0 saturated carbocycles. The maximum absolute atomic E-state index is 12.5. The third-order valence-electron chi connectivity index (χ3n) is 5.25. The molecule has 0 bridgehead atoms. The molecule has 0 spiro atoms. The van der Waals surface area contributed by atoms with Crippen LogP contribution >= 0.6 is 0 Å². The van der Waals surface area contributed by atoms with E-state index in [4.69, 9.17) is 4.74 Å². The molecule has 0 atom stereocenters. The Hall–Kier alpha value is -3.41. The average Bonchev–Trinajstić information content (AvgIpc) is 2.81. The second kappa shape index (κ2) is 9.39. The summed E-state index contributed by atoms with van der Waals surface area (Å²) in [6.45, 7) is 4.04. The van der Waals surface area contributed by atoms with Crippen LogP contribution in [0.1, 0.15) is 42.1 Å². The first-order valence-corrected chi connectivity index (χ1v) is 10.5. The van der Waals surface area contributed by atoms with Gasteiger partial charge < -0.3 is 15.0 Å². The van der Waals surface area contributed by atoms with Gasteiger partial charge in [0.25, 0.3) is 11.8 Å². The number of hydrogen-bond donors (Lipinski definition) is 1. The summed E-state index contributed by atoms with van der Waals surface area (Å²) in [4.78, 5) is 23.6. The molecule has 1 fully saturated rings. The Morgan fingerprint density at radius 1 is 0.967 bits per heavy atom. The number of hydrogen-bond acceptors (Lipinski definition) is 5. The second-order valence-electron chi connectivity index (χ2n) is 7.36. The number of nitrogens with one attached hydrogen (secondary N) is 1.